The molecule has 1 N–H and O–H groups in total. The number of hydrogen-bond donors (Lipinski definition) is 1. The normalized spacial score (nSPS) is 23.5. The second kappa shape index (κ2) is 4.68. The molecule has 0 amide bonds. The van der Waals surface area contributed by atoms with Crippen LogP contribution in [0.15, 0.2) is 6.20 Å². The van der Waals surface area contributed by atoms with Crippen molar-refractivity contribution in [2.45, 2.75) is 39.3 Å². The third-order valence-corrected chi connectivity index (χ3v) is 4.85. The number of nitrogens with one attached hydrogen (secondary N) is 1. The number of rotatable bonds is 3. The molecule has 0 spiro atoms. The third kappa shape index (κ3) is 3.00. The number of nitrogens with zero attached hydrogens (tertiary/aromatic N) is 2. The molecule has 5 nitrogen and oxygen atoms in total. The second-order valence-electron chi connectivity index (χ2n) is 4.59. The smallest absolute Gasteiger partial charge is 0.203 e. The highest BCUT2D eigenvalue weighted by molar-refractivity contribution is 7.91. The Labute approximate surface area is 102 Å². The first-order chi connectivity index (χ1) is 8.00. The van der Waals surface area contributed by atoms with Crippen LogP contribution in [0.3, 0.4) is 0 Å². The van der Waals surface area contributed by atoms with Crippen LogP contribution >= 0.6 is 0 Å². The Morgan fingerprint density at radius 3 is 3.00 bits per heavy atom. The molecule has 6 heteroatoms. The van der Waals surface area contributed by atoms with Gasteiger partial charge in [0, 0.05) is 18.8 Å². The minimum absolute atomic E-state index is 0.000787. The molecule has 1 unspecified atom stereocenters. The number of aromatic nitrogens is 2. The molecule has 0 bridgehead atoms. The van der Waals surface area contributed by atoms with Gasteiger partial charge in [0.05, 0.1) is 17.2 Å². The Morgan fingerprint density at radius 2 is 2.35 bits per heavy atom. The van der Waals surface area contributed by atoms with Crippen LogP contribution in [0, 0.1) is 6.92 Å². The first-order valence-electron chi connectivity index (χ1n) is 6.01. The molecule has 1 aliphatic heterocycles. The minimum Gasteiger partial charge on any atom is -0.352 e. The Hall–Kier alpha value is -1.04. The zero-order chi connectivity index (χ0) is 12.5. The van der Waals surface area contributed by atoms with Crippen LogP contribution in [-0.2, 0) is 16.4 Å². The molecular formula is C11H19N3O2S. The highest BCUT2D eigenvalue weighted by Crippen LogP contribution is 2.17. The van der Waals surface area contributed by atoms with Crippen LogP contribution in [0.1, 0.15) is 25.5 Å². The maximum absolute atomic E-state index is 11.5. The molecule has 2 rings (SSSR count). The first-order valence-corrected chi connectivity index (χ1v) is 7.83. The van der Waals surface area contributed by atoms with Gasteiger partial charge in [0.1, 0.15) is 0 Å². The Morgan fingerprint density at radius 1 is 1.59 bits per heavy atom. The molecule has 17 heavy (non-hydrogen) atoms. The fourth-order valence-electron chi connectivity index (χ4n) is 2.22. The van der Waals surface area contributed by atoms with E-state index in [4.69, 9.17) is 0 Å². The topological polar surface area (TPSA) is 64.0 Å². The van der Waals surface area contributed by atoms with E-state index in [-0.39, 0.29) is 11.8 Å². The number of imidazole rings is 1. The van der Waals surface area contributed by atoms with E-state index in [1.54, 1.807) is 0 Å². The van der Waals surface area contributed by atoms with Gasteiger partial charge in [-0.15, -0.1) is 0 Å². The summed E-state index contributed by atoms with van der Waals surface area (Å²) < 4.78 is 25.1. The molecule has 0 aromatic carbocycles. The third-order valence-electron chi connectivity index (χ3n) is 3.03. The molecule has 1 saturated heterocycles. The second-order valence-corrected chi connectivity index (χ2v) is 6.82. The maximum Gasteiger partial charge on any atom is 0.203 e. The highest BCUT2D eigenvalue weighted by Gasteiger charge is 2.25. The van der Waals surface area contributed by atoms with Gasteiger partial charge in [-0.25, -0.2) is 13.4 Å². The molecule has 1 aromatic rings. The molecule has 1 fully saturated rings. The first kappa shape index (κ1) is 12.4. The quantitative estimate of drug-likeness (QED) is 0.883. The number of aryl methyl sites for hydroxylation is 2. The summed E-state index contributed by atoms with van der Waals surface area (Å²) in [5, 5.41) is 3.25. The monoisotopic (exact) mass is 257 g/mol. The van der Waals surface area contributed by atoms with Crippen molar-refractivity contribution in [3.8, 4) is 0 Å². The van der Waals surface area contributed by atoms with Crippen LogP contribution in [0.5, 0.6) is 0 Å². The standard InChI is InChI=1S/C11H19N3O2S/c1-3-14-7-9(2)12-11(14)13-10-5-4-6-17(15,16)8-10/h7,10H,3-6,8H2,1-2H3,(H,12,13). The number of hydrogen-bond acceptors (Lipinski definition) is 4. The fourth-order valence-corrected chi connectivity index (χ4v) is 3.86. The van der Waals surface area contributed by atoms with Crippen molar-refractivity contribution in [3.63, 3.8) is 0 Å². The Kier molecular flexibility index (Phi) is 3.42. The van der Waals surface area contributed by atoms with Crippen LogP contribution in [0.2, 0.25) is 0 Å². The van der Waals surface area contributed by atoms with Gasteiger partial charge >= 0.3 is 0 Å². The van der Waals surface area contributed by atoms with Gasteiger partial charge in [-0.1, -0.05) is 0 Å². The lowest BCUT2D eigenvalue weighted by Gasteiger charge is -2.23. The van der Waals surface area contributed by atoms with E-state index in [9.17, 15) is 8.42 Å². The minimum atomic E-state index is -2.86. The summed E-state index contributed by atoms with van der Waals surface area (Å²) >= 11 is 0. The van der Waals surface area contributed by atoms with E-state index in [0.29, 0.717) is 5.75 Å². The van der Waals surface area contributed by atoms with Gasteiger partial charge in [0.15, 0.2) is 9.84 Å². The lowest BCUT2D eigenvalue weighted by atomic mass is 10.2. The summed E-state index contributed by atoms with van der Waals surface area (Å²) in [5.41, 5.74) is 0.952. The summed E-state index contributed by atoms with van der Waals surface area (Å²) in [7, 11) is -2.86. The predicted molar refractivity (Wildman–Crippen MR) is 67.9 cm³/mol. The largest absolute Gasteiger partial charge is 0.352 e. The van der Waals surface area contributed by atoms with Gasteiger partial charge in [0.2, 0.25) is 5.95 Å². The number of sulfone groups is 1. The maximum atomic E-state index is 11.5. The molecule has 0 radical (unpaired) electrons. The molecule has 2 heterocycles. The van der Waals surface area contributed by atoms with Crippen LogP contribution < -0.4 is 5.32 Å². The van der Waals surface area contributed by atoms with Crippen molar-refractivity contribution in [1.82, 2.24) is 9.55 Å². The molecule has 1 atom stereocenters. The fraction of sp³-hybridized carbons (Fsp3) is 0.727. The summed E-state index contributed by atoms with van der Waals surface area (Å²) in [5.74, 6) is 1.33. The van der Waals surface area contributed by atoms with Crippen LogP contribution in [-0.4, -0.2) is 35.5 Å². The zero-order valence-corrected chi connectivity index (χ0v) is 11.1. The summed E-state index contributed by atoms with van der Waals surface area (Å²) in [6.07, 6.45) is 3.61. The van der Waals surface area contributed by atoms with E-state index in [2.05, 4.69) is 10.3 Å². The van der Waals surface area contributed by atoms with Crippen molar-refractivity contribution in [2.75, 3.05) is 16.8 Å². The van der Waals surface area contributed by atoms with E-state index in [0.717, 1.165) is 31.0 Å². The van der Waals surface area contributed by atoms with E-state index >= 15 is 0 Å². The molecule has 1 aliphatic rings. The lowest BCUT2D eigenvalue weighted by molar-refractivity contribution is 0.559. The van der Waals surface area contributed by atoms with Crippen molar-refractivity contribution in [3.05, 3.63) is 11.9 Å². The van der Waals surface area contributed by atoms with E-state index < -0.39 is 9.84 Å². The van der Waals surface area contributed by atoms with Gasteiger partial charge in [-0.2, -0.15) is 0 Å². The van der Waals surface area contributed by atoms with Crippen LogP contribution in [0.4, 0.5) is 5.95 Å². The molecule has 96 valence electrons. The van der Waals surface area contributed by atoms with Crippen LogP contribution in [0.25, 0.3) is 0 Å². The van der Waals surface area contributed by atoms with Crippen molar-refractivity contribution < 1.29 is 8.42 Å². The zero-order valence-electron chi connectivity index (χ0n) is 10.3. The van der Waals surface area contributed by atoms with Crippen molar-refractivity contribution in [1.29, 1.82) is 0 Å². The molecular weight excluding hydrogens is 238 g/mol. The predicted octanol–water partition coefficient (Wildman–Crippen LogP) is 1.20. The highest BCUT2D eigenvalue weighted by atomic mass is 32.2. The average Bonchev–Trinajstić information content (AvgIpc) is 2.57. The van der Waals surface area contributed by atoms with E-state index in [1.165, 1.54) is 0 Å². The SMILES string of the molecule is CCn1cc(C)nc1NC1CCCS(=O)(=O)C1. The molecule has 0 saturated carbocycles. The number of anilines is 1. The molecule has 1 aromatic heterocycles. The average molecular weight is 257 g/mol. The summed E-state index contributed by atoms with van der Waals surface area (Å²) in [4.78, 5) is 4.38. The van der Waals surface area contributed by atoms with Gasteiger partial charge < -0.3 is 9.88 Å². The summed E-state index contributed by atoms with van der Waals surface area (Å²) in [6, 6.07) is 0.000787. The van der Waals surface area contributed by atoms with Crippen molar-refractivity contribution >= 4 is 15.8 Å². The van der Waals surface area contributed by atoms with E-state index in [1.807, 2.05) is 24.6 Å². The Bertz CT molecular complexity index is 493. The molecule has 0 aliphatic carbocycles. The van der Waals surface area contributed by atoms with Gasteiger partial charge in [-0.05, 0) is 26.7 Å². The lowest BCUT2D eigenvalue weighted by Crippen LogP contribution is -2.35. The summed E-state index contributed by atoms with van der Waals surface area (Å²) in [6.45, 7) is 4.82. The van der Waals surface area contributed by atoms with Gasteiger partial charge in [-0.3, -0.25) is 0 Å². The Balaban J connectivity index is 2.10. The van der Waals surface area contributed by atoms with Gasteiger partial charge in [0.25, 0.3) is 0 Å². The van der Waals surface area contributed by atoms with Crippen molar-refractivity contribution in [2.24, 2.45) is 0 Å².